The molecule has 8 aromatic carbocycles. The van der Waals surface area contributed by atoms with Crippen molar-refractivity contribution in [1.29, 1.82) is 0 Å². The molecule has 0 spiro atoms. The number of anilines is 6. The van der Waals surface area contributed by atoms with Crippen LogP contribution in [0.4, 0.5) is 34.1 Å². The van der Waals surface area contributed by atoms with Crippen LogP contribution in [0.25, 0.3) is 42.7 Å². The summed E-state index contributed by atoms with van der Waals surface area (Å²) in [4.78, 5) is 9.86. The van der Waals surface area contributed by atoms with Crippen LogP contribution >= 0.6 is 11.3 Å². The van der Waals surface area contributed by atoms with Crippen molar-refractivity contribution in [1.82, 2.24) is 4.98 Å². The van der Waals surface area contributed by atoms with Gasteiger partial charge in [-0.25, -0.2) is 4.98 Å². The van der Waals surface area contributed by atoms with Gasteiger partial charge in [-0.3, -0.25) is 0 Å². The molecule has 0 radical (unpaired) electrons. The van der Waals surface area contributed by atoms with Gasteiger partial charge in [-0.05, 0) is 136 Å². The maximum atomic E-state index is 5.22. The average Bonchev–Trinajstić information content (AvgIpc) is 3.73. The van der Waals surface area contributed by atoms with Crippen molar-refractivity contribution in [2.45, 2.75) is 19.3 Å². The number of fused-ring (bicyclic) bond motifs is 5. The smallest absolute Gasteiger partial charge is 0.124 e. The lowest BCUT2D eigenvalue weighted by Gasteiger charge is -2.29. The first kappa shape index (κ1) is 32.2. The van der Waals surface area contributed by atoms with Gasteiger partial charge in [-0.2, -0.15) is 0 Å². The van der Waals surface area contributed by atoms with Crippen molar-refractivity contribution in [2.24, 2.45) is 0 Å². The topological polar surface area (TPSA) is 19.4 Å². The summed E-state index contributed by atoms with van der Waals surface area (Å²) in [6.07, 6.45) is 0. The van der Waals surface area contributed by atoms with Crippen molar-refractivity contribution >= 4 is 66.5 Å². The molecular formula is C50H37N3S. The molecule has 0 saturated heterocycles. The lowest BCUT2D eigenvalue weighted by molar-refractivity contribution is 0.662. The number of thiazole rings is 1. The lowest BCUT2D eigenvalue weighted by atomic mass is 9.82. The van der Waals surface area contributed by atoms with E-state index in [1.54, 1.807) is 11.3 Å². The Morgan fingerprint density at radius 2 is 0.889 bits per heavy atom. The molecule has 4 heteroatoms. The van der Waals surface area contributed by atoms with E-state index in [2.05, 4.69) is 212 Å². The van der Waals surface area contributed by atoms with Crippen molar-refractivity contribution in [3.05, 3.63) is 199 Å². The molecule has 3 nitrogen and oxygen atoms in total. The van der Waals surface area contributed by atoms with Gasteiger partial charge in [0.15, 0.2) is 0 Å². The fourth-order valence-electron chi connectivity index (χ4n) is 8.11. The van der Waals surface area contributed by atoms with Crippen LogP contribution in [0.2, 0.25) is 0 Å². The summed E-state index contributed by atoms with van der Waals surface area (Å²) < 4.78 is 1.22. The summed E-state index contributed by atoms with van der Waals surface area (Å²) in [5.74, 6) is 0. The van der Waals surface area contributed by atoms with E-state index in [0.717, 1.165) is 50.2 Å². The molecule has 0 unspecified atom stereocenters. The quantitative estimate of drug-likeness (QED) is 0.164. The number of nitrogens with zero attached hydrogens (tertiary/aromatic N) is 3. The molecule has 9 aromatic rings. The Bertz CT molecular complexity index is 2750. The Morgan fingerprint density at radius 1 is 0.426 bits per heavy atom. The molecule has 0 fully saturated rings. The van der Waals surface area contributed by atoms with Gasteiger partial charge < -0.3 is 9.80 Å². The highest BCUT2D eigenvalue weighted by atomic mass is 32.1. The van der Waals surface area contributed by atoms with Gasteiger partial charge in [-0.15, -0.1) is 11.3 Å². The molecule has 0 aliphatic heterocycles. The van der Waals surface area contributed by atoms with E-state index >= 15 is 0 Å². The van der Waals surface area contributed by atoms with E-state index in [0.29, 0.717) is 0 Å². The molecule has 1 aromatic heterocycles. The first-order valence-electron chi connectivity index (χ1n) is 18.5. The van der Waals surface area contributed by atoms with Crippen LogP contribution < -0.4 is 9.80 Å². The van der Waals surface area contributed by atoms with Crippen LogP contribution in [0.1, 0.15) is 25.0 Å². The predicted octanol–water partition coefficient (Wildman–Crippen LogP) is 14.4. The minimum atomic E-state index is -0.0915. The van der Waals surface area contributed by atoms with E-state index in [1.807, 2.05) is 0 Å². The maximum Gasteiger partial charge on any atom is 0.124 e. The Kier molecular flexibility index (Phi) is 7.67. The molecule has 258 valence electrons. The third kappa shape index (κ3) is 5.46. The number of rotatable bonds is 7. The first-order chi connectivity index (χ1) is 26.5. The summed E-state index contributed by atoms with van der Waals surface area (Å²) in [5, 5.41) is 3.61. The number of aromatic nitrogens is 1. The van der Waals surface area contributed by atoms with E-state index in [-0.39, 0.29) is 5.41 Å². The summed E-state index contributed by atoms with van der Waals surface area (Å²) in [5.41, 5.74) is 14.1. The van der Waals surface area contributed by atoms with Gasteiger partial charge in [-0.1, -0.05) is 98.8 Å². The van der Waals surface area contributed by atoms with E-state index in [9.17, 15) is 0 Å². The van der Waals surface area contributed by atoms with Crippen LogP contribution in [-0.4, -0.2) is 4.98 Å². The van der Waals surface area contributed by atoms with E-state index in [4.69, 9.17) is 4.98 Å². The van der Waals surface area contributed by atoms with Gasteiger partial charge in [0.05, 0.1) is 10.2 Å². The summed E-state index contributed by atoms with van der Waals surface area (Å²) >= 11 is 1.77. The van der Waals surface area contributed by atoms with Crippen molar-refractivity contribution in [3.63, 3.8) is 0 Å². The van der Waals surface area contributed by atoms with Crippen LogP contribution in [0.3, 0.4) is 0 Å². The summed E-state index contributed by atoms with van der Waals surface area (Å²) in [6, 6.07) is 67.5. The molecular weight excluding hydrogens is 675 g/mol. The third-order valence-electron chi connectivity index (χ3n) is 10.8. The zero-order chi connectivity index (χ0) is 36.2. The summed E-state index contributed by atoms with van der Waals surface area (Å²) in [6.45, 7) is 4.69. The lowest BCUT2D eigenvalue weighted by Crippen LogP contribution is -2.14. The Hall–Kier alpha value is -6.49. The van der Waals surface area contributed by atoms with Gasteiger partial charge in [0.1, 0.15) is 5.01 Å². The van der Waals surface area contributed by atoms with Gasteiger partial charge >= 0.3 is 0 Å². The molecule has 1 aliphatic carbocycles. The van der Waals surface area contributed by atoms with Crippen LogP contribution in [0.15, 0.2) is 188 Å². The molecule has 0 bridgehead atoms. The molecule has 0 amide bonds. The maximum absolute atomic E-state index is 5.22. The monoisotopic (exact) mass is 711 g/mol. The van der Waals surface area contributed by atoms with Crippen molar-refractivity contribution < 1.29 is 0 Å². The van der Waals surface area contributed by atoms with Crippen LogP contribution in [-0.2, 0) is 5.41 Å². The van der Waals surface area contributed by atoms with Crippen molar-refractivity contribution in [2.75, 3.05) is 9.80 Å². The Labute approximate surface area is 320 Å². The number of hydrogen-bond acceptors (Lipinski definition) is 4. The second-order valence-corrected chi connectivity index (χ2v) is 15.5. The van der Waals surface area contributed by atoms with E-state index in [1.165, 1.54) is 37.7 Å². The van der Waals surface area contributed by atoms with Crippen LogP contribution in [0, 0.1) is 0 Å². The zero-order valence-corrected chi connectivity index (χ0v) is 31.0. The minimum Gasteiger partial charge on any atom is -0.310 e. The SMILES string of the molecule is CC1(C)c2cc3ccccc3cc2-c2cc3sc(-c4ccc(N(c5ccccc5)c5cccc(N(c6ccccc6)c6ccccc6)c5)cc4)nc3cc21. The molecule has 0 N–H and O–H groups in total. The zero-order valence-electron chi connectivity index (χ0n) is 30.1. The molecule has 1 aliphatic rings. The number of hydrogen-bond donors (Lipinski definition) is 0. The van der Waals surface area contributed by atoms with E-state index < -0.39 is 0 Å². The Morgan fingerprint density at radius 3 is 1.46 bits per heavy atom. The molecule has 1 heterocycles. The Balaban J connectivity index is 1.02. The van der Waals surface area contributed by atoms with Gasteiger partial charge in [0.25, 0.3) is 0 Å². The fraction of sp³-hybridized carbons (Fsp3) is 0.0600. The number of benzene rings is 8. The molecule has 0 atom stereocenters. The normalized spacial score (nSPS) is 12.8. The highest BCUT2D eigenvalue weighted by Gasteiger charge is 2.36. The molecule has 10 rings (SSSR count). The highest BCUT2D eigenvalue weighted by Crippen LogP contribution is 2.52. The van der Waals surface area contributed by atoms with Crippen molar-refractivity contribution in [3.8, 4) is 21.7 Å². The third-order valence-corrected chi connectivity index (χ3v) is 11.9. The largest absolute Gasteiger partial charge is 0.310 e. The van der Waals surface area contributed by atoms with Gasteiger partial charge in [0, 0.05) is 45.1 Å². The first-order valence-corrected chi connectivity index (χ1v) is 19.3. The van der Waals surface area contributed by atoms with Gasteiger partial charge in [0.2, 0.25) is 0 Å². The fourth-order valence-corrected chi connectivity index (χ4v) is 9.10. The average molecular weight is 712 g/mol. The second kappa shape index (κ2) is 12.9. The minimum absolute atomic E-state index is 0.0915. The number of para-hydroxylation sites is 3. The second-order valence-electron chi connectivity index (χ2n) is 14.5. The van der Waals surface area contributed by atoms with Crippen LogP contribution in [0.5, 0.6) is 0 Å². The predicted molar refractivity (Wildman–Crippen MR) is 229 cm³/mol. The summed E-state index contributed by atoms with van der Waals surface area (Å²) in [7, 11) is 0. The standard InChI is InChI=1S/C50H37N3S/c1-50(2)45-30-36-16-13-12-15-35(36)29-43(45)44-32-48-47(33-46(44)50)51-49(54-48)34-25-27-40(28-26-34)53(39-21-10-5-11-22-39)42-24-14-23-41(31-42)52(37-17-6-3-7-18-37)38-19-8-4-9-20-38/h3-33H,1-2H3. The molecule has 0 saturated carbocycles. The highest BCUT2D eigenvalue weighted by molar-refractivity contribution is 7.21. The molecule has 54 heavy (non-hydrogen) atoms.